The second kappa shape index (κ2) is 6.39. The molecule has 3 fully saturated rings. The highest BCUT2D eigenvalue weighted by Gasteiger charge is 2.40. The third kappa shape index (κ3) is 2.92. The summed E-state index contributed by atoms with van der Waals surface area (Å²) in [5.41, 5.74) is 2.72. The number of aromatic nitrogens is 2. The standard InChI is InChI=1S/C18H29N5O/c1-21-10-14(17(20-21)13-6-4-3-5-7-13)11-23-9-8-16-15(12-23)19-18(24)22(16)2/h10,13,15-16H,3-9,11-12H2,1-2H3,(H,19,24)/t15-,16+/m1/s1. The summed E-state index contributed by atoms with van der Waals surface area (Å²) >= 11 is 0. The minimum absolute atomic E-state index is 0.0797. The van der Waals surface area contributed by atoms with Gasteiger partial charge in [0, 0.05) is 51.4 Å². The van der Waals surface area contributed by atoms with E-state index < -0.39 is 0 Å². The fraction of sp³-hybridized carbons (Fsp3) is 0.778. The molecule has 6 heteroatoms. The van der Waals surface area contributed by atoms with Crippen LogP contribution in [0.2, 0.25) is 0 Å². The number of amides is 2. The van der Waals surface area contributed by atoms with E-state index >= 15 is 0 Å². The molecule has 0 bridgehead atoms. The fourth-order valence-electron chi connectivity index (χ4n) is 4.80. The molecule has 2 amide bonds. The lowest BCUT2D eigenvalue weighted by Crippen LogP contribution is -2.50. The highest BCUT2D eigenvalue weighted by molar-refractivity contribution is 5.77. The molecular weight excluding hydrogens is 302 g/mol. The van der Waals surface area contributed by atoms with Gasteiger partial charge in [0.15, 0.2) is 0 Å². The van der Waals surface area contributed by atoms with Gasteiger partial charge in [0.25, 0.3) is 0 Å². The number of aryl methyl sites for hydroxylation is 1. The van der Waals surface area contributed by atoms with Gasteiger partial charge in [-0.05, 0) is 19.3 Å². The number of piperidine rings is 1. The van der Waals surface area contributed by atoms with Crippen LogP contribution in [0.4, 0.5) is 4.79 Å². The summed E-state index contributed by atoms with van der Waals surface area (Å²) in [6.07, 6.45) is 9.89. The Bertz CT molecular complexity index is 607. The average Bonchev–Trinajstić information content (AvgIpc) is 3.08. The molecule has 6 nitrogen and oxygen atoms in total. The minimum atomic E-state index is 0.0797. The second-order valence-corrected chi connectivity index (χ2v) is 7.81. The van der Waals surface area contributed by atoms with E-state index in [1.165, 1.54) is 43.4 Å². The number of urea groups is 1. The molecule has 1 N–H and O–H groups in total. The van der Waals surface area contributed by atoms with Crippen molar-refractivity contribution < 1.29 is 4.79 Å². The van der Waals surface area contributed by atoms with Crippen molar-refractivity contribution in [1.29, 1.82) is 0 Å². The van der Waals surface area contributed by atoms with Crippen LogP contribution in [0.25, 0.3) is 0 Å². The molecule has 0 unspecified atom stereocenters. The van der Waals surface area contributed by atoms with Gasteiger partial charge < -0.3 is 10.2 Å². The Labute approximate surface area is 144 Å². The minimum Gasteiger partial charge on any atom is -0.332 e. The van der Waals surface area contributed by atoms with E-state index in [0.29, 0.717) is 12.0 Å². The maximum atomic E-state index is 11.9. The predicted molar refractivity (Wildman–Crippen MR) is 92.8 cm³/mol. The molecule has 0 aromatic carbocycles. The van der Waals surface area contributed by atoms with Gasteiger partial charge in [-0.1, -0.05) is 19.3 Å². The van der Waals surface area contributed by atoms with Gasteiger partial charge in [0.05, 0.1) is 17.8 Å². The number of likely N-dealkylation sites (N-methyl/N-ethyl adjacent to an activating group) is 1. The summed E-state index contributed by atoms with van der Waals surface area (Å²) in [4.78, 5) is 16.2. The maximum absolute atomic E-state index is 11.9. The summed E-state index contributed by atoms with van der Waals surface area (Å²) in [6, 6.07) is 0.711. The molecule has 1 saturated carbocycles. The van der Waals surface area contributed by atoms with E-state index in [9.17, 15) is 4.79 Å². The molecule has 132 valence electrons. The monoisotopic (exact) mass is 331 g/mol. The topological polar surface area (TPSA) is 53.4 Å². The van der Waals surface area contributed by atoms with E-state index in [1.54, 1.807) is 0 Å². The summed E-state index contributed by atoms with van der Waals surface area (Å²) in [6.45, 7) is 2.96. The van der Waals surface area contributed by atoms with Gasteiger partial charge in [-0.25, -0.2) is 4.79 Å². The van der Waals surface area contributed by atoms with Crippen LogP contribution in [0.3, 0.4) is 0 Å². The van der Waals surface area contributed by atoms with E-state index in [2.05, 4.69) is 16.4 Å². The first kappa shape index (κ1) is 15.9. The van der Waals surface area contributed by atoms with Crippen molar-refractivity contribution in [3.63, 3.8) is 0 Å². The van der Waals surface area contributed by atoms with Crippen molar-refractivity contribution >= 4 is 6.03 Å². The zero-order chi connectivity index (χ0) is 16.7. The van der Waals surface area contributed by atoms with E-state index in [-0.39, 0.29) is 12.1 Å². The zero-order valence-corrected chi connectivity index (χ0v) is 14.9. The smallest absolute Gasteiger partial charge is 0.317 e. The number of carbonyl (C=O) groups is 1. The Kier molecular flexibility index (Phi) is 4.24. The Hall–Kier alpha value is -1.56. The molecule has 2 aliphatic heterocycles. The van der Waals surface area contributed by atoms with Gasteiger partial charge in [-0.2, -0.15) is 5.10 Å². The van der Waals surface area contributed by atoms with Crippen LogP contribution in [0, 0.1) is 0 Å². The van der Waals surface area contributed by atoms with Gasteiger partial charge in [0.1, 0.15) is 0 Å². The fourth-order valence-corrected chi connectivity index (χ4v) is 4.80. The molecule has 1 aromatic heterocycles. The van der Waals surface area contributed by atoms with Crippen LogP contribution >= 0.6 is 0 Å². The van der Waals surface area contributed by atoms with Crippen molar-refractivity contribution in [3.05, 3.63) is 17.5 Å². The number of nitrogens with one attached hydrogen (secondary N) is 1. The Morgan fingerprint density at radius 3 is 2.79 bits per heavy atom. The second-order valence-electron chi connectivity index (χ2n) is 7.81. The largest absolute Gasteiger partial charge is 0.332 e. The predicted octanol–water partition coefficient (Wildman–Crippen LogP) is 2.07. The molecular formula is C18H29N5O. The number of carbonyl (C=O) groups excluding carboxylic acids is 1. The van der Waals surface area contributed by atoms with Crippen molar-refractivity contribution in [1.82, 2.24) is 24.9 Å². The molecule has 0 radical (unpaired) electrons. The van der Waals surface area contributed by atoms with Crippen molar-refractivity contribution in [2.75, 3.05) is 20.1 Å². The van der Waals surface area contributed by atoms with Crippen LogP contribution < -0.4 is 5.32 Å². The Morgan fingerprint density at radius 1 is 1.21 bits per heavy atom. The molecule has 2 atom stereocenters. The molecule has 2 saturated heterocycles. The maximum Gasteiger partial charge on any atom is 0.317 e. The number of likely N-dealkylation sites (tertiary alicyclic amines) is 1. The molecule has 1 aliphatic carbocycles. The molecule has 0 spiro atoms. The number of nitrogens with zero attached hydrogens (tertiary/aromatic N) is 4. The van der Waals surface area contributed by atoms with Crippen molar-refractivity contribution in [2.24, 2.45) is 7.05 Å². The first-order valence-corrected chi connectivity index (χ1v) is 9.40. The number of fused-ring (bicyclic) bond motifs is 1. The van der Waals surface area contributed by atoms with E-state index in [4.69, 9.17) is 5.10 Å². The quantitative estimate of drug-likeness (QED) is 0.922. The Morgan fingerprint density at radius 2 is 2.00 bits per heavy atom. The number of rotatable bonds is 3. The van der Waals surface area contributed by atoms with Crippen LogP contribution in [-0.2, 0) is 13.6 Å². The SMILES string of the molecule is CN1C(=O)N[C@@H]2CN(Cc3cn(C)nc3C3CCCCC3)CC[C@@H]21. The normalized spacial score (nSPS) is 28.9. The van der Waals surface area contributed by atoms with Crippen molar-refractivity contribution in [2.45, 2.75) is 63.1 Å². The summed E-state index contributed by atoms with van der Waals surface area (Å²) in [5.74, 6) is 0.643. The van der Waals surface area contributed by atoms with Crippen LogP contribution in [0.15, 0.2) is 6.20 Å². The highest BCUT2D eigenvalue weighted by Crippen LogP contribution is 2.34. The summed E-state index contributed by atoms with van der Waals surface area (Å²) in [5, 5.41) is 7.93. The molecule has 3 heterocycles. The van der Waals surface area contributed by atoms with Crippen molar-refractivity contribution in [3.8, 4) is 0 Å². The number of hydrogen-bond acceptors (Lipinski definition) is 3. The zero-order valence-electron chi connectivity index (χ0n) is 14.9. The lowest BCUT2D eigenvalue weighted by atomic mass is 9.85. The van der Waals surface area contributed by atoms with Gasteiger partial charge >= 0.3 is 6.03 Å². The van der Waals surface area contributed by atoms with Gasteiger partial charge in [-0.3, -0.25) is 9.58 Å². The van der Waals surface area contributed by atoms with Gasteiger partial charge in [0.2, 0.25) is 0 Å². The average molecular weight is 331 g/mol. The third-order valence-electron chi connectivity index (χ3n) is 6.11. The first-order valence-electron chi connectivity index (χ1n) is 9.40. The highest BCUT2D eigenvalue weighted by atomic mass is 16.2. The summed E-state index contributed by atoms with van der Waals surface area (Å²) in [7, 11) is 3.95. The van der Waals surface area contributed by atoms with Crippen LogP contribution in [0.5, 0.6) is 0 Å². The van der Waals surface area contributed by atoms with Crippen LogP contribution in [-0.4, -0.2) is 57.8 Å². The molecule has 24 heavy (non-hydrogen) atoms. The van der Waals surface area contributed by atoms with E-state index in [1.807, 2.05) is 23.7 Å². The van der Waals surface area contributed by atoms with Gasteiger partial charge in [-0.15, -0.1) is 0 Å². The number of hydrogen-bond donors (Lipinski definition) is 1. The molecule has 3 aliphatic rings. The third-order valence-corrected chi connectivity index (χ3v) is 6.11. The molecule has 4 rings (SSSR count). The Balaban J connectivity index is 1.45. The van der Waals surface area contributed by atoms with E-state index in [0.717, 1.165) is 26.1 Å². The lowest BCUT2D eigenvalue weighted by molar-refractivity contribution is 0.147. The van der Waals surface area contributed by atoms with Crippen LogP contribution in [0.1, 0.15) is 55.7 Å². The lowest BCUT2D eigenvalue weighted by Gasteiger charge is -2.35. The summed E-state index contributed by atoms with van der Waals surface area (Å²) < 4.78 is 1.98. The first-order chi connectivity index (χ1) is 11.6. The molecule has 1 aromatic rings.